The van der Waals surface area contributed by atoms with Crippen LogP contribution in [0.5, 0.6) is 0 Å². The summed E-state index contributed by atoms with van der Waals surface area (Å²) in [5.41, 5.74) is 1.82. The van der Waals surface area contributed by atoms with Gasteiger partial charge in [0.2, 0.25) is 10.0 Å². The third kappa shape index (κ3) is 5.26. The minimum Gasteiger partial charge on any atom is -0.322 e. The molecule has 0 aromatic heterocycles. The summed E-state index contributed by atoms with van der Waals surface area (Å²) >= 11 is 0. The van der Waals surface area contributed by atoms with Crippen LogP contribution in [0.4, 0.5) is 11.4 Å². The number of amides is 1. The molecule has 0 bridgehead atoms. The number of hydrogen-bond acceptors (Lipinski definition) is 5. The van der Waals surface area contributed by atoms with Crippen molar-refractivity contribution in [2.24, 2.45) is 5.14 Å². The first kappa shape index (κ1) is 20.8. The summed E-state index contributed by atoms with van der Waals surface area (Å²) in [5.74, 6) is -0.543. The van der Waals surface area contributed by atoms with Gasteiger partial charge in [0.05, 0.1) is 10.6 Å². The van der Waals surface area contributed by atoms with E-state index in [-0.39, 0.29) is 16.1 Å². The van der Waals surface area contributed by atoms with Crippen molar-refractivity contribution in [3.05, 3.63) is 53.1 Å². The maximum atomic E-state index is 12.6. The van der Waals surface area contributed by atoms with Crippen LogP contribution in [0.3, 0.4) is 0 Å². The molecule has 2 aromatic rings. The van der Waals surface area contributed by atoms with Gasteiger partial charge in [-0.2, -0.15) is 8.42 Å². The van der Waals surface area contributed by atoms with Gasteiger partial charge in [-0.1, -0.05) is 6.07 Å². The Morgan fingerprint density at radius 3 is 2.22 bits per heavy atom. The molecule has 0 spiro atoms. The average molecular weight is 412 g/mol. The van der Waals surface area contributed by atoms with E-state index in [9.17, 15) is 21.6 Å². The largest absolute Gasteiger partial charge is 0.322 e. The predicted molar refractivity (Wildman–Crippen MR) is 103 cm³/mol. The molecule has 0 unspecified atom stereocenters. The lowest BCUT2D eigenvalue weighted by Crippen LogP contribution is -2.22. The average Bonchev–Trinajstić information content (AvgIpc) is 2.55. The number of anilines is 2. The Morgan fingerprint density at radius 2 is 1.63 bits per heavy atom. The van der Waals surface area contributed by atoms with Gasteiger partial charge >= 0.3 is 0 Å². The Labute approximate surface area is 158 Å². The topological polar surface area (TPSA) is 147 Å². The van der Waals surface area contributed by atoms with Crippen molar-refractivity contribution >= 4 is 37.5 Å². The van der Waals surface area contributed by atoms with Crippen molar-refractivity contribution in [1.29, 1.82) is 0 Å². The molecule has 0 heterocycles. The highest BCUT2D eigenvalue weighted by Crippen LogP contribution is 2.22. The van der Waals surface area contributed by atoms with Gasteiger partial charge in [0.1, 0.15) is 0 Å². The fraction of sp³-hybridized carbons (Fsp3) is 0.188. The van der Waals surface area contributed by atoms with E-state index < -0.39 is 26.1 Å². The van der Waals surface area contributed by atoms with E-state index in [1.54, 1.807) is 26.0 Å². The summed E-state index contributed by atoms with van der Waals surface area (Å²) in [6, 6.07) is 8.79. The fourth-order valence-electron chi connectivity index (χ4n) is 2.38. The van der Waals surface area contributed by atoms with Crippen LogP contribution in [0.2, 0.25) is 0 Å². The van der Waals surface area contributed by atoms with Crippen molar-refractivity contribution in [1.82, 2.24) is 4.72 Å². The number of rotatable bonds is 6. The Balaban J connectivity index is 2.36. The Bertz CT molecular complexity index is 1100. The Kier molecular flexibility index (Phi) is 5.90. The highest BCUT2D eigenvalue weighted by molar-refractivity contribution is 7.90. The second kappa shape index (κ2) is 7.64. The minimum absolute atomic E-state index is 0.0137. The summed E-state index contributed by atoms with van der Waals surface area (Å²) in [6.07, 6.45) is 0. The van der Waals surface area contributed by atoms with E-state index in [0.29, 0.717) is 16.8 Å². The molecule has 0 atom stereocenters. The van der Waals surface area contributed by atoms with Gasteiger partial charge in [-0.3, -0.25) is 9.52 Å². The highest BCUT2D eigenvalue weighted by atomic mass is 32.2. The van der Waals surface area contributed by atoms with Gasteiger partial charge in [-0.05, 0) is 62.4 Å². The molecule has 0 aliphatic heterocycles. The standard InChI is InChI=1S/C16H20N4O5S2/c1-10-7-12(8-15(11(10)2)26(22,23)18-3)16(21)19-13-5-4-6-14(9-13)20-27(17,24)25/h4-9,18,20H,1-3H3,(H,19,21)(H2,17,24,25). The molecular formula is C16H20N4O5S2. The van der Waals surface area contributed by atoms with Gasteiger partial charge in [-0.25, -0.2) is 18.3 Å². The number of aryl methyl sites for hydroxylation is 1. The lowest BCUT2D eigenvalue weighted by molar-refractivity contribution is 0.102. The highest BCUT2D eigenvalue weighted by Gasteiger charge is 2.19. The van der Waals surface area contributed by atoms with Crippen LogP contribution in [0.1, 0.15) is 21.5 Å². The number of nitrogens with one attached hydrogen (secondary N) is 3. The lowest BCUT2D eigenvalue weighted by atomic mass is 10.1. The molecule has 0 saturated carbocycles. The summed E-state index contributed by atoms with van der Waals surface area (Å²) in [6.45, 7) is 3.36. The summed E-state index contributed by atoms with van der Waals surface area (Å²) < 4.78 is 50.9. The molecule has 9 nitrogen and oxygen atoms in total. The number of benzene rings is 2. The van der Waals surface area contributed by atoms with E-state index in [4.69, 9.17) is 5.14 Å². The lowest BCUT2D eigenvalue weighted by Gasteiger charge is -2.13. The molecule has 2 aromatic carbocycles. The van der Waals surface area contributed by atoms with E-state index >= 15 is 0 Å². The number of hydrogen-bond donors (Lipinski definition) is 4. The zero-order valence-electron chi connectivity index (χ0n) is 14.9. The molecular weight excluding hydrogens is 392 g/mol. The number of nitrogens with two attached hydrogens (primary N) is 1. The first-order valence-corrected chi connectivity index (χ1v) is 10.7. The van der Waals surface area contributed by atoms with Crippen LogP contribution in [-0.4, -0.2) is 29.8 Å². The molecule has 1 amide bonds. The maximum Gasteiger partial charge on any atom is 0.296 e. The second-order valence-corrected chi connectivity index (χ2v) is 8.95. The zero-order chi connectivity index (χ0) is 20.4. The summed E-state index contributed by atoms with van der Waals surface area (Å²) in [5, 5.41) is 7.52. The molecule has 146 valence electrons. The van der Waals surface area contributed by atoms with E-state index in [0.717, 1.165) is 0 Å². The van der Waals surface area contributed by atoms with E-state index in [1.165, 1.54) is 31.3 Å². The van der Waals surface area contributed by atoms with Crippen molar-refractivity contribution in [2.45, 2.75) is 18.7 Å². The summed E-state index contributed by atoms with van der Waals surface area (Å²) in [4.78, 5) is 12.6. The minimum atomic E-state index is -3.95. The number of carbonyl (C=O) groups is 1. The first-order chi connectivity index (χ1) is 12.4. The first-order valence-electron chi connectivity index (χ1n) is 7.69. The molecule has 0 radical (unpaired) electrons. The quantitative estimate of drug-likeness (QED) is 0.560. The molecule has 0 fully saturated rings. The Morgan fingerprint density at radius 1 is 1.00 bits per heavy atom. The molecule has 5 N–H and O–H groups in total. The maximum absolute atomic E-state index is 12.6. The molecule has 2 rings (SSSR count). The van der Waals surface area contributed by atoms with E-state index in [2.05, 4.69) is 14.8 Å². The van der Waals surface area contributed by atoms with Crippen LogP contribution in [0, 0.1) is 13.8 Å². The smallest absolute Gasteiger partial charge is 0.296 e. The molecule has 0 saturated heterocycles. The van der Waals surface area contributed by atoms with Crippen LogP contribution in [0.15, 0.2) is 41.3 Å². The van der Waals surface area contributed by atoms with Crippen LogP contribution < -0.4 is 19.9 Å². The molecule has 0 aliphatic rings. The monoisotopic (exact) mass is 412 g/mol. The van der Waals surface area contributed by atoms with Crippen LogP contribution >= 0.6 is 0 Å². The molecule has 11 heteroatoms. The summed E-state index contributed by atoms with van der Waals surface area (Å²) in [7, 11) is -6.38. The van der Waals surface area contributed by atoms with Crippen molar-refractivity contribution < 1.29 is 21.6 Å². The second-order valence-electron chi connectivity index (χ2n) is 5.81. The predicted octanol–water partition coefficient (Wildman–Crippen LogP) is 1.08. The van der Waals surface area contributed by atoms with Gasteiger partial charge in [-0.15, -0.1) is 0 Å². The van der Waals surface area contributed by atoms with Crippen LogP contribution in [0.25, 0.3) is 0 Å². The van der Waals surface area contributed by atoms with Gasteiger partial charge in [0, 0.05) is 11.3 Å². The normalized spacial score (nSPS) is 11.9. The van der Waals surface area contributed by atoms with Crippen molar-refractivity contribution in [3.8, 4) is 0 Å². The molecule has 0 aliphatic carbocycles. The zero-order valence-corrected chi connectivity index (χ0v) is 16.5. The van der Waals surface area contributed by atoms with E-state index in [1.807, 2.05) is 0 Å². The van der Waals surface area contributed by atoms with Gasteiger partial charge in [0.25, 0.3) is 16.1 Å². The van der Waals surface area contributed by atoms with Crippen molar-refractivity contribution in [3.63, 3.8) is 0 Å². The molecule has 27 heavy (non-hydrogen) atoms. The third-order valence-corrected chi connectivity index (χ3v) is 5.88. The van der Waals surface area contributed by atoms with Crippen molar-refractivity contribution in [2.75, 3.05) is 17.1 Å². The van der Waals surface area contributed by atoms with Gasteiger partial charge < -0.3 is 5.32 Å². The number of carbonyl (C=O) groups excluding carboxylic acids is 1. The van der Waals surface area contributed by atoms with Crippen LogP contribution in [-0.2, 0) is 20.2 Å². The SMILES string of the molecule is CNS(=O)(=O)c1cc(C(=O)Nc2cccc(NS(N)(=O)=O)c2)cc(C)c1C. The Hall–Kier alpha value is -2.47. The number of sulfonamides is 1. The van der Waals surface area contributed by atoms with Gasteiger partial charge in [0.15, 0.2) is 0 Å². The fourth-order valence-corrected chi connectivity index (χ4v) is 3.90. The third-order valence-electron chi connectivity index (χ3n) is 3.82.